The fourth-order valence-corrected chi connectivity index (χ4v) is 3.73. The largest absolute Gasteiger partial charge is 0.392 e. The SMILES string of the molecule is CCC(C)CS(=O)(=O)N1CCCC(O)C1. The highest BCUT2D eigenvalue weighted by Crippen LogP contribution is 2.16. The average molecular weight is 235 g/mol. The van der Waals surface area contributed by atoms with Gasteiger partial charge < -0.3 is 5.11 Å². The molecule has 1 N–H and O–H groups in total. The Morgan fingerprint density at radius 1 is 1.53 bits per heavy atom. The zero-order chi connectivity index (χ0) is 11.5. The van der Waals surface area contributed by atoms with Gasteiger partial charge in [-0.1, -0.05) is 20.3 Å². The van der Waals surface area contributed by atoms with Crippen LogP contribution in [0.3, 0.4) is 0 Å². The van der Waals surface area contributed by atoms with Gasteiger partial charge in [-0.3, -0.25) is 0 Å². The van der Waals surface area contributed by atoms with Gasteiger partial charge in [0.25, 0.3) is 0 Å². The minimum atomic E-state index is -3.15. The Labute approximate surface area is 92.3 Å². The number of nitrogens with zero attached hydrogens (tertiary/aromatic N) is 1. The summed E-state index contributed by atoms with van der Waals surface area (Å²) >= 11 is 0. The summed E-state index contributed by atoms with van der Waals surface area (Å²) in [4.78, 5) is 0. The van der Waals surface area contributed by atoms with Crippen LogP contribution in [0.5, 0.6) is 0 Å². The van der Waals surface area contributed by atoms with Crippen molar-refractivity contribution < 1.29 is 13.5 Å². The van der Waals surface area contributed by atoms with Crippen molar-refractivity contribution in [3.63, 3.8) is 0 Å². The molecule has 0 aromatic rings. The first kappa shape index (κ1) is 12.9. The second kappa shape index (κ2) is 5.27. The molecular weight excluding hydrogens is 214 g/mol. The molecule has 90 valence electrons. The molecule has 0 amide bonds. The first-order valence-electron chi connectivity index (χ1n) is 5.61. The molecule has 0 aromatic carbocycles. The standard InChI is InChI=1S/C10H21NO3S/c1-3-9(2)8-15(13,14)11-6-4-5-10(12)7-11/h9-10,12H,3-8H2,1-2H3. The van der Waals surface area contributed by atoms with Crippen LogP contribution in [-0.4, -0.2) is 42.8 Å². The smallest absolute Gasteiger partial charge is 0.214 e. The second-order valence-corrected chi connectivity index (χ2v) is 6.46. The van der Waals surface area contributed by atoms with Gasteiger partial charge in [0, 0.05) is 13.1 Å². The Bertz CT molecular complexity index is 289. The minimum Gasteiger partial charge on any atom is -0.392 e. The summed E-state index contributed by atoms with van der Waals surface area (Å²) in [6.45, 7) is 4.78. The maximum atomic E-state index is 11.9. The lowest BCUT2D eigenvalue weighted by molar-refractivity contribution is 0.108. The Morgan fingerprint density at radius 3 is 2.73 bits per heavy atom. The molecule has 0 aromatic heterocycles. The van der Waals surface area contributed by atoms with E-state index in [0.717, 1.165) is 19.3 Å². The van der Waals surface area contributed by atoms with Gasteiger partial charge in [0.1, 0.15) is 0 Å². The summed E-state index contributed by atoms with van der Waals surface area (Å²) in [5, 5.41) is 9.43. The molecule has 0 spiro atoms. The minimum absolute atomic E-state index is 0.189. The van der Waals surface area contributed by atoms with E-state index in [4.69, 9.17) is 0 Å². The van der Waals surface area contributed by atoms with E-state index in [1.54, 1.807) is 0 Å². The van der Waals surface area contributed by atoms with Gasteiger partial charge in [0.05, 0.1) is 11.9 Å². The predicted octanol–water partition coefficient (Wildman–Crippen LogP) is 0.819. The van der Waals surface area contributed by atoms with Crippen LogP contribution in [0.25, 0.3) is 0 Å². The molecule has 2 atom stereocenters. The third kappa shape index (κ3) is 3.74. The first-order valence-corrected chi connectivity index (χ1v) is 7.22. The van der Waals surface area contributed by atoms with Crippen LogP contribution in [0, 0.1) is 5.92 Å². The van der Waals surface area contributed by atoms with Crippen molar-refractivity contribution >= 4 is 10.0 Å². The van der Waals surface area contributed by atoms with E-state index in [1.165, 1.54) is 4.31 Å². The number of aliphatic hydroxyl groups excluding tert-OH is 1. The fourth-order valence-electron chi connectivity index (χ4n) is 1.76. The van der Waals surface area contributed by atoms with Crippen LogP contribution < -0.4 is 0 Å². The highest BCUT2D eigenvalue weighted by atomic mass is 32.2. The van der Waals surface area contributed by atoms with Crippen molar-refractivity contribution in [2.45, 2.75) is 39.2 Å². The zero-order valence-corrected chi connectivity index (χ0v) is 10.3. The molecule has 1 saturated heterocycles. The van der Waals surface area contributed by atoms with E-state index in [0.29, 0.717) is 6.54 Å². The zero-order valence-electron chi connectivity index (χ0n) is 9.52. The molecule has 0 saturated carbocycles. The van der Waals surface area contributed by atoms with Gasteiger partial charge in [-0.15, -0.1) is 0 Å². The van der Waals surface area contributed by atoms with Gasteiger partial charge in [-0.2, -0.15) is 4.31 Å². The van der Waals surface area contributed by atoms with Crippen molar-refractivity contribution in [1.29, 1.82) is 0 Å². The lowest BCUT2D eigenvalue weighted by atomic mass is 10.1. The summed E-state index contributed by atoms with van der Waals surface area (Å²) in [7, 11) is -3.15. The highest BCUT2D eigenvalue weighted by molar-refractivity contribution is 7.89. The van der Waals surface area contributed by atoms with E-state index in [9.17, 15) is 13.5 Å². The molecule has 2 unspecified atom stereocenters. The first-order chi connectivity index (χ1) is 6.95. The summed E-state index contributed by atoms with van der Waals surface area (Å²) < 4.78 is 25.3. The molecule has 1 aliphatic rings. The van der Waals surface area contributed by atoms with Gasteiger partial charge in [-0.25, -0.2) is 8.42 Å². The molecule has 4 nitrogen and oxygen atoms in total. The van der Waals surface area contributed by atoms with Gasteiger partial charge in [-0.05, 0) is 18.8 Å². The monoisotopic (exact) mass is 235 g/mol. The number of aliphatic hydroxyl groups is 1. The summed E-state index contributed by atoms with van der Waals surface area (Å²) in [5.41, 5.74) is 0. The molecule has 0 aliphatic carbocycles. The molecule has 5 heteroatoms. The molecule has 1 fully saturated rings. The lowest BCUT2D eigenvalue weighted by Crippen LogP contribution is -2.43. The molecule has 1 rings (SSSR count). The number of hydrogen-bond acceptors (Lipinski definition) is 3. The molecule has 1 heterocycles. The van der Waals surface area contributed by atoms with E-state index >= 15 is 0 Å². The maximum absolute atomic E-state index is 11.9. The van der Waals surface area contributed by atoms with Gasteiger partial charge in [0.15, 0.2) is 0 Å². The Kier molecular flexibility index (Phi) is 4.55. The quantitative estimate of drug-likeness (QED) is 0.785. The van der Waals surface area contributed by atoms with Crippen molar-refractivity contribution in [3.05, 3.63) is 0 Å². The average Bonchev–Trinajstić information content (AvgIpc) is 2.17. The van der Waals surface area contributed by atoms with E-state index in [-0.39, 0.29) is 18.2 Å². The number of sulfonamides is 1. The molecule has 1 aliphatic heterocycles. The number of rotatable bonds is 4. The normalized spacial score (nSPS) is 26.5. The predicted molar refractivity (Wildman–Crippen MR) is 60.1 cm³/mol. The number of β-amino-alcohol motifs (C(OH)–C–C–N with tert-alkyl or cyclic N) is 1. The van der Waals surface area contributed by atoms with Crippen molar-refractivity contribution in [3.8, 4) is 0 Å². The van der Waals surface area contributed by atoms with Crippen LogP contribution in [0.15, 0.2) is 0 Å². The van der Waals surface area contributed by atoms with Crippen LogP contribution in [0.1, 0.15) is 33.1 Å². The van der Waals surface area contributed by atoms with Crippen LogP contribution in [-0.2, 0) is 10.0 Å². The lowest BCUT2D eigenvalue weighted by Gasteiger charge is -2.30. The Balaban J connectivity index is 2.60. The number of hydrogen-bond donors (Lipinski definition) is 1. The van der Waals surface area contributed by atoms with Gasteiger partial charge >= 0.3 is 0 Å². The van der Waals surface area contributed by atoms with E-state index in [1.807, 2.05) is 13.8 Å². The third-order valence-electron chi connectivity index (χ3n) is 2.94. The van der Waals surface area contributed by atoms with Crippen molar-refractivity contribution in [2.75, 3.05) is 18.8 Å². The topological polar surface area (TPSA) is 57.6 Å². The van der Waals surface area contributed by atoms with Gasteiger partial charge in [0.2, 0.25) is 10.0 Å². The molecule has 0 radical (unpaired) electrons. The fraction of sp³-hybridized carbons (Fsp3) is 1.00. The molecular formula is C10H21NO3S. The summed E-state index contributed by atoms with van der Waals surface area (Å²) in [6.07, 6.45) is 1.87. The molecule has 0 bridgehead atoms. The molecule has 15 heavy (non-hydrogen) atoms. The van der Waals surface area contributed by atoms with Crippen LogP contribution >= 0.6 is 0 Å². The highest BCUT2D eigenvalue weighted by Gasteiger charge is 2.28. The van der Waals surface area contributed by atoms with Crippen LogP contribution in [0.2, 0.25) is 0 Å². The third-order valence-corrected chi connectivity index (χ3v) is 5.05. The summed E-state index contributed by atoms with van der Waals surface area (Å²) in [5.74, 6) is 0.394. The summed E-state index contributed by atoms with van der Waals surface area (Å²) in [6, 6.07) is 0. The maximum Gasteiger partial charge on any atom is 0.214 e. The Hall–Kier alpha value is -0.130. The van der Waals surface area contributed by atoms with Crippen LogP contribution in [0.4, 0.5) is 0 Å². The van der Waals surface area contributed by atoms with Crippen molar-refractivity contribution in [2.24, 2.45) is 5.92 Å². The van der Waals surface area contributed by atoms with E-state index in [2.05, 4.69) is 0 Å². The Morgan fingerprint density at radius 2 is 2.20 bits per heavy atom. The number of piperidine rings is 1. The van der Waals surface area contributed by atoms with E-state index < -0.39 is 16.1 Å². The van der Waals surface area contributed by atoms with Crippen molar-refractivity contribution in [1.82, 2.24) is 4.31 Å². The second-order valence-electron chi connectivity index (χ2n) is 4.45.